The van der Waals surface area contributed by atoms with E-state index in [1.165, 1.54) is 100 Å². The Balaban J connectivity index is 0.998. The van der Waals surface area contributed by atoms with Crippen LogP contribution in [0.25, 0.3) is 44.5 Å². The Kier molecular flexibility index (Phi) is 9.44. The summed E-state index contributed by atoms with van der Waals surface area (Å²) in [6.07, 6.45) is 0. The van der Waals surface area contributed by atoms with Crippen molar-refractivity contribution < 1.29 is 0 Å². The minimum atomic E-state index is -0.545. The van der Waals surface area contributed by atoms with Gasteiger partial charge < -0.3 is 4.90 Å². The van der Waals surface area contributed by atoms with Gasteiger partial charge in [-0.05, 0) is 143 Å². The van der Waals surface area contributed by atoms with E-state index in [0.717, 1.165) is 17.1 Å². The number of benzene rings is 11. The third-order valence-electron chi connectivity index (χ3n) is 16.4. The summed E-state index contributed by atoms with van der Waals surface area (Å²) in [4.78, 5) is 2.50. The number of anilines is 3. The summed E-state index contributed by atoms with van der Waals surface area (Å²) in [5.74, 6) is 0. The van der Waals surface area contributed by atoms with Crippen molar-refractivity contribution in [2.45, 2.75) is 30.1 Å². The average molecular weight is 918 g/mol. The molecule has 11 aromatic rings. The van der Waals surface area contributed by atoms with Crippen LogP contribution in [0.1, 0.15) is 69.5 Å². The predicted octanol–water partition coefficient (Wildman–Crippen LogP) is 17.9. The van der Waals surface area contributed by atoms with Crippen LogP contribution in [-0.4, -0.2) is 0 Å². The van der Waals surface area contributed by atoms with E-state index in [9.17, 15) is 0 Å². The van der Waals surface area contributed by atoms with Crippen LogP contribution >= 0.6 is 0 Å². The summed E-state index contributed by atoms with van der Waals surface area (Å²) in [5, 5.41) is 0. The van der Waals surface area contributed by atoms with Gasteiger partial charge in [0.05, 0.1) is 10.8 Å². The first-order valence-corrected chi connectivity index (χ1v) is 25.3. The van der Waals surface area contributed by atoms with E-state index in [0.29, 0.717) is 0 Å². The molecule has 14 rings (SSSR count). The number of hydrogen-bond acceptors (Lipinski definition) is 1. The fraction of sp³-hybridized carbons (Fsp3) is 0.0704. The fourth-order valence-corrected chi connectivity index (χ4v) is 13.3. The van der Waals surface area contributed by atoms with Crippen molar-refractivity contribution in [3.8, 4) is 44.5 Å². The number of nitrogens with zero attached hydrogens (tertiary/aromatic N) is 1. The molecule has 0 N–H and O–H groups in total. The van der Waals surface area contributed by atoms with Crippen molar-refractivity contribution in [2.24, 2.45) is 0 Å². The summed E-state index contributed by atoms with van der Waals surface area (Å²) < 4.78 is 0. The summed E-state index contributed by atoms with van der Waals surface area (Å²) in [5.41, 5.74) is 25.2. The lowest BCUT2D eigenvalue weighted by atomic mass is 9.67. The highest BCUT2D eigenvalue weighted by molar-refractivity contribution is 5.93. The molecule has 0 saturated heterocycles. The summed E-state index contributed by atoms with van der Waals surface area (Å²) >= 11 is 0. The topological polar surface area (TPSA) is 3.24 Å². The van der Waals surface area contributed by atoms with Gasteiger partial charge >= 0.3 is 0 Å². The van der Waals surface area contributed by atoms with E-state index in [2.05, 4.69) is 292 Å². The van der Waals surface area contributed by atoms with Gasteiger partial charge in [0, 0.05) is 22.5 Å². The molecule has 0 radical (unpaired) electrons. The van der Waals surface area contributed by atoms with Crippen LogP contribution in [0.2, 0.25) is 0 Å². The molecule has 72 heavy (non-hydrogen) atoms. The van der Waals surface area contributed by atoms with Gasteiger partial charge in [-0.1, -0.05) is 244 Å². The van der Waals surface area contributed by atoms with Gasteiger partial charge in [0.25, 0.3) is 0 Å². The van der Waals surface area contributed by atoms with Gasteiger partial charge in [-0.3, -0.25) is 0 Å². The summed E-state index contributed by atoms with van der Waals surface area (Å²) in [6.45, 7) is 4.72. The lowest BCUT2D eigenvalue weighted by Gasteiger charge is -2.36. The Morgan fingerprint density at radius 2 is 0.556 bits per heavy atom. The van der Waals surface area contributed by atoms with Crippen LogP contribution in [0, 0.1) is 0 Å². The van der Waals surface area contributed by atoms with Crippen LogP contribution in [0.5, 0.6) is 0 Å². The largest absolute Gasteiger partial charge is 0.310 e. The van der Waals surface area contributed by atoms with Crippen LogP contribution in [0.3, 0.4) is 0 Å². The highest BCUT2D eigenvalue weighted by atomic mass is 15.1. The van der Waals surface area contributed by atoms with Crippen molar-refractivity contribution in [2.75, 3.05) is 4.90 Å². The Labute approximate surface area is 423 Å². The molecule has 3 aliphatic rings. The second kappa shape index (κ2) is 16.1. The number of hydrogen-bond donors (Lipinski definition) is 0. The molecule has 0 atom stereocenters. The molecule has 1 nitrogen and oxygen atoms in total. The minimum Gasteiger partial charge on any atom is -0.310 e. The van der Waals surface area contributed by atoms with Crippen molar-refractivity contribution >= 4 is 17.1 Å². The summed E-state index contributed by atoms with van der Waals surface area (Å²) in [7, 11) is 0. The first-order valence-electron chi connectivity index (χ1n) is 25.3. The Bertz CT molecular complexity index is 3610. The monoisotopic (exact) mass is 917 g/mol. The SMILES string of the molecule is CC1(C)c2ccccc2-c2ccc(-c3ccc(N(c4ccc5c(c4)C(c4ccccc4)(c4ccccc4)c4ccccc4-5)c4ccc5c(c4)C(c4ccccc4)(c4ccccc4)c4ccccc4-5)cc3)cc21. The molecule has 0 aliphatic heterocycles. The minimum absolute atomic E-state index is 0.0808. The van der Waals surface area contributed by atoms with Gasteiger partial charge in [0.1, 0.15) is 0 Å². The fourth-order valence-electron chi connectivity index (χ4n) is 13.3. The van der Waals surface area contributed by atoms with Crippen molar-refractivity contribution in [1.29, 1.82) is 0 Å². The lowest BCUT2D eigenvalue weighted by molar-refractivity contribution is 0.660. The third-order valence-corrected chi connectivity index (χ3v) is 16.4. The third kappa shape index (κ3) is 5.95. The van der Waals surface area contributed by atoms with E-state index in [1.807, 2.05) is 0 Å². The second-order valence-electron chi connectivity index (χ2n) is 20.3. The van der Waals surface area contributed by atoms with E-state index in [4.69, 9.17) is 0 Å². The Morgan fingerprint density at radius 3 is 1.00 bits per heavy atom. The zero-order valence-electron chi connectivity index (χ0n) is 40.4. The number of fused-ring (bicyclic) bond motifs is 9. The molecule has 0 fully saturated rings. The van der Waals surface area contributed by atoms with E-state index < -0.39 is 10.8 Å². The molecule has 1 heteroatoms. The molecule has 3 aliphatic carbocycles. The molecule has 0 unspecified atom stereocenters. The van der Waals surface area contributed by atoms with Crippen LogP contribution in [0.4, 0.5) is 17.1 Å². The maximum Gasteiger partial charge on any atom is 0.0714 e. The second-order valence-corrected chi connectivity index (χ2v) is 20.3. The smallest absolute Gasteiger partial charge is 0.0714 e. The first-order chi connectivity index (χ1) is 35.5. The normalized spacial score (nSPS) is 14.6. The standard InChI is InChI=1S/C71H51N/c1-69(2)63-32-18-15-29-57(63)60-42-37-49(45-66(60)69)48-35-38-54(39-36-48)72(55-40-43-61-58-30-16-19-33-64(58)70(67(61)46-55,50-21-7-3-8-22-50)51-23-9-4-10-24-51)56-41-44-62-59-31-17-20-34-65(59)71(68(62)47-56,52-25-11-5-12-26-52)53-27-13-6-14-28-53/h3-47H,1-2H3. The van der Waals surface area contributed by atoms with Gasteiger partial charge in [-0.25, -0.2) is 0 Å². The first kappa shape index (κ1) is 42.1. The van der Waals surface area contributed by atoms with E-state index in [1.54, 1.807) is 0 Å². The zero-order chi connectivity index (χ0) is 48.0. The maximum absolute atomic E-state index is 2.50. The quantitative estimate of drug-likeness (QED) is 0.147. The maximum atomic E-state index is 2.50. The van der Waals surface area contributed by atoms with Gasteiger partial charge in [0.2, 0.25) is 0 Å². The summed E-state index contributed by atoms with van der Waals surface area (Å²) in [6, 6.07) is 102. The van der Waals surface area contributed by atoms with Crippen molar-refractivity contribution in [3.63, 3.8) is 0 Å². The van der Waals surface area contributed by atoms with Crippen LogP contribution in [-0.2, 0) is 16.2 Å². The molecule has 0 aromatic heterocycles. The molecule has 340 valence electrons. The van der Waals surface area contributed by atoms with Gasteiger partial charge in [0.15, 0.2) is 0 Å². The van der Waals surface area contributed by atoms with Crippen LogP contribution in [0.15, 0.2) is 273 Å². The zero-order valence-corrected chi connectivity index (χ0v) is 40.4. The Hall–Kier alpha value is -8.78. The predicted molar refractivity (Wildman–Crippen MR) is 299 cm³/mol. The van der Waals surface area contributed by atoms with E-state index in [-0.39, 0.29) is 5.41 Å². The highest BCUT2D eigenvalue weighted by Crippen LogP contribution is 2.60. The molecule has 0 saturated carbocycles. The molecule has 0 spiro atoms. The van der Waals surface area contributed by atoms with Crippen LogP contribution < -0.4 is 4.90 Å². The molecule has 11 aromatic carbocycles. The van der Waals surface area contributed by atoms with Crippen molar-refractivity contribution in [1.82, 2.24) is 0 Å². The molecular weight excluding hydrogens is 867 g/mol. The lowest BCUT2D eigenvalue weighted by Crippen LogP contribution is -2.29. The molecule has 0 amide bonds. The molecule has 0 heterocycles. The highest BCUT2D eigenvalue weighted by Gasteiger charge is 2.48. The average Bonchev–Trinajstić information content (AvgIpc) is 4.01. The Morgan fingerprint density at radius 1 is 0.236 bits per heavy atom. The van der Waals surface area contributed by atoms with E-state index >= 15 is 0 Å². The molecular formula is C71H51N. The number of rotatable bonds is 8. The van der Waals surface area contributed by atoms with Gasteiger partial charge in [-0.2, -0.15) is 0 Å². The molecule has 0 bridgehead atoms. The van der Waals surface area contributed by atoms with Gasteiger partial charge in [-0.15, -0.1) is 0 Å². The van der Waals surface area contributed by atoms with Crippen molar-refractivity contribution in [3.05, 3.63) is 329 Å².